The molecule has 1 aromatic carbocycles. The van der Waals surface area contributed by atoms with Crippen LogP contribution < -0.4 is 0 Å². The van der Waals surface area contributed by atoms with Crippen molar-refractivity contribution in [3.63, 3.8) is 0 Å². The Morgan fingerprint density at radius 2 is 2.07 bits per heavy atom. The van der Waals surface area contributed by atoms with E-state index in [9.17, 15) is 4.79 Å². The van der Waals surface area contributed by atoms with Crippen molar-refractivity contribution in [2.75, 3.05) is 0 Å². The van der Waals surface area contributed by atoms with Crippen LogP contribution in [0.25, 0.3) is 0 Å². The van der Waals surface area contributed by atoms with E-state index >= 15 is 0 Å². The summed E-state index contributed by atoms with van der Waals surface area (Å²) < 4.78 is 0. The van der Waals surface area contributed by atoms with Crippen LogP contribution in [0.5, 0.6) is 0 Å². The van der Waals surface area contributed by atoms with Crippen LogP contribution in [-0.2, 0) is 11.2 Å². The van der Waals surface area contributed by atoms with Crippen molar-refractivity contribution in [1.29, 1.82) is 10.5 Å². The van der Waals surface area contributed by atoms with Crippen LogP contribution in [0.4, 0.5) is 0 Å². The number of carbonyl (C=O) groups is 1. The molecule has 0 unspecified atom stereocenters. The number of rotatable bonds is 2. The van der Waals surface area contributed by atoms with Crippen LogP contribution in [-0.4, -0.2) is 5.78 Å². The summed E-state index contributed by atoms with van der Waals surface area (Å²) in [7, 11) is 0. The molecule has 0 radical (unpaired) electrons. The van der Waals surface area contributed by atoms with E-state index in [0.29, 0.717) is 16.7 Å². The maximum atomic E-state index is 10.9. The average molecular weight is 184 g/mol. The summed E-state index contributed by atoms with van der Waals surface area (Å²) >= 11 is 0. The highest BCUT2D eigenvalue weighted by atomic mass is 16.1. The number of hydrogen-bond acceptors (Lipinski definition) is 3. The standard InChI is InChI=1S/C11H8N2O/c1-8(14)5-9-3-2-4-10(6-12)11(9)7-13/h2-4H,5H2,1H3. The summed E-state index contributed by atoms with van der Waals surface area (Å²) in [6.45, 7) is 1.46. The Morgan fingerprint density at radius 1 is 1.36 bits per heavy atom. The Balaban J connectivity index is 3.25. The lowest BCUT2D eigenvalue weighted by Crippen LogP contribution is -2.00. The summed E-state index contributed by atoms with van der Waals surface area (Å²) in [4.78, 5) is 10.9. The van der Waals surface area contributed by atoms with Crippen molar-refractivity contribution >= 4 is 5.78 Å². The van der Waals surface area contributed by atoms with Gasteiger partial charge in [-0.15, -0.1) is 0 Å². The molecule has 1 rings (SSSR count). The van der Waals surface area contributed by atoms with Gasteiger partial charge in [0.05, 0.1) is 11.1 Å². The Labute approximate surface area is 82.2 Å². The lowest BCUT2D eigenvalue weighted by atomic mass is 9.99. The van der Waals surface area contributed by atoms with Crippen LogP contribution in [0.15, 0.2) is 18.2 Å². The number of nitrogens with zero attached hydrogens (tertiary/aromatic N) is 2. The first-order valence-electron chi connectivity index (χ1n) is 4.10. The van der Waals surface area contributed by atoms with E-state index in [1.165, 1.54) is 6.92 Å². The zero-order valence-electron chi connectivity index (χ0n) is 7.74. The van der Waals surface area contributed by atoms with Gasteiger partial charge in [-0.25, -0.2) is 0 Å². The molecule has 1 aromatic rings. The van der Waals surface area contributed by atoms with Crippen molar-refractivity contribution in [1.82, 2.24) is 0 Å². The number of nitriles is 2. The Morgan fingerprint density at radius 3 is 2.57 bits per heavy atom. The minimum Gasteiger partial charge on any atom is -0.300 e. The lowest BCUT2D eigenvalue weighted by Gasteiger charge is -2.01. The third-order valence-corrected chi connectivity index (χ3v) is 1.82. The zero-order chi connectivity index (χ0) is 10.6. The minimum absolute atomic E-state index is 0.0170. The van der Waals surface area contributed by atoms with Crippen LogP contribution in [0.2, 0.25) is 0 Å². The second-order valence-electron chi connectivity index (χ2n) is 2.94. The molecule has 0 aliphatic rings. The Hall–Kier alpha value is -2.13. The predicted molar refractivity (Wildman–Crippen MR) is 50.3 cm³/mol. The van der Waals surface area contributed by atoms with Crippen molar-refractivity contribution in [2.24, 2.45) is 0 Å². The summed E-state index contributed by atoms with van der Waals surface area (Å²) in [6.07, 6.45) is 0.207. The number of Topliss-reactive ketones (excluding diaryl/α,β-unsaturated/α-hetero) is 1. The SMILES string of the molecule is CC(=O)Cc1cccc(C#N)c1C#N. The lowest BCUT2D eigenvalue weighted by molar-refractivity contribution is -0.116. The van der Waals surface area contributed by atoms with Gasteiger partial charge in [0.25, 0.3) is 0 Å². The maximum Gasteiger partial charge on any atom is 0.134 e. The Bertz CT molecular complexity index is 449. The predicted octanol–water partition coefficient (Wildman–Crippen LogP) is 1.56. The highest BCUT2D eigenvalue weighted by molar-refractivity contribution is 5.79. The van der Waals surface area contributed by atoms with Crippen molar-refractivity contribution in [3.8, 4) is 12.1 Å². The van der Waals surface area contributed by atoms with Gasteiger partial charge in [0, 0.05) is 6.42 Å². The molecule has 0 aromatic heterocycles. The molecule has 0 amide bonds. The molecule has 3 heteroatoms. The first kappa shape index (κ1) is 9.95. The second-order valence-corrected chi connectivity index (χ2v) is 2.94. The molecule has 0 aliphatic heterocycles. The molecule has 14 heavy (non-hydrogen) atoms. The third kappa shape index (κ3) is 1.97. The van der Waals surface area contributed by atoms with E-state index in [0.717, 1.165) is 0 Å². The van der Waals surface area contributed by atoms with Crippen molar-refractivity contribution in [3.05, 3.63) is 34.9 Å². The van der Waals surface area contributed by atoms with E-state index < -0.39 is 0 Å². The molecule has 0 spiro atoms. The summed E-state index contributed by atoms with van der Waals surface area (Å²) in [5, 5.41) is 17.6. The monoisotopic (exact) mass is 184 g/mol. The summed E-state index contributed by atoms with van der Waals surface area (Å²) in [5.41, 5.74) is 1.26. The number of carbonyl (C=O) groups excluding carboxylic acids is 1. The number of hydrogen-bond donors (Lipinski definition) is 0. The quantitative estimate of drug-likeness (QED) is 0.700. The molecule has 3 nitrogen and oxygen atoms in total. The molecular weight excluding hydrogens is 176 g/mol. The van der Waals surface area contributed by atoms with Gasteiger partial charge < -0.3 is 0 Å². The van der Waals surface area contributed by atoms with Gasteiger partial charge in [-0.05, 0) is 18.6 Å². The highest BCUT2D eigenvalue weighted by Gasteiger charge is 2.08. The van der Waals surface area contributed by atoms with E-state index in [2.05, 4.69) is 0 Å². The summed E-state index contributed by atoms with van der Waals surface area (Å²) in [6, 6.07) is 8.82. The summed E-state index contributed by atoms with van der Waals surface area (Å²) in [5.74, 6) is -0.0170. The fraction of sp³-hybridized carbons (Fsp3) is 0.182. The third-order valence-electron chi connectivity index (χ3n) is 1.82. The molecule has 0 atom stereocenters. The van der Waals surface area contributed by atoms with Gasteiger partial charge in [-0.1, -0.05) is 12.1 Å². The molecule has 0 fully saturated rings. The molecule has 0 saturated carbocycles. The molecule has 0 saturated heterocycles. The molecule has 0 N–H and O–H groups in total. The molecule has 0 heterocycles. The molecular formula is C11H8N2O. The number of benzene rings is 1. The van der Waals surface area contributed by atoms with E-state index in [4.69, 9.17) is 10.5 Å². The normalized spacial score (nSPS) is 8.79. The largest absolute Gasteiger partial charge is 0.300 e. The smallest absolute Gasteiger partial charge is 0.134 e. The van der Waals surface area contributed by atoms with Crippen LogP contribution in [0, 0.1) is 22.7 Å². The maximum absolute atomic E-state index is 10.9. The van der Waals surface area contributed by atoms with Gasteiger partial charge >= 0.3 is 0 Å². The first-order valence-corrected chi connectivity index (χ1v) is 4.10. The van der Waals surface area contributed by atoms with Gasteiger partial charge in [0.15, 0.2) is 0 Å². The van der Waals surface area contributed by atoms with E-state index in [-0.39, 0.29) is 12.2 Å². The van der Waals surface area contributed by atoms with Crippen LogP contribution in [0.3, 0.4) is 0 Å². The van der Waals surface area contributed by atoms with E-state index in [1.807, 2.05) is 12.1 Å². The zero-order valence-corrected chi connectivity index (χ0v) is 7.74. The van der Waals surface area contributed by atoms with Gasteiger partial charge in [-0.2, -0.15) is 10.5 Å². The molecule has 0 bridgehead atoms. The number of ketones is 1. The Kier molecular flexibility index (Phi) is 2.99. The average Bonchev–Trinajstić information content (AvgIpc) is 2.16. The first-order chi connectivity index (χ1) is 6.69. The fourth-order valence-corrected chi connectivity index (χ4v) is 1.24. The van der Waals surface area contributed by atoms with Crippen LogP contribution in [0.1, 0.15) is 23.6 Å². The highest BCUT2D eigenvalue weighted by Crippen LogP contribution is 2.13. The van der Waals surface area contributed by atoms with Gasteiger partial charge in [0.1, 0.15) is 17.9 Å². The molecule has 0 aliphatic carbocycles. The molecule has 68 valence electrons. The van der Waals surface area contributed by atoms with Crippen molar-refractivity contribution < 1.29 is 4.79 Å². The van der Waals surface area contributed by atoms with Gasteiger partial charge in [-0.3, -0.25) is 4.79 Å². The minimum atomic E-state index is -0.0170. The van der Waals surface area contributed by atoms with E-state index in [1.54, 1.807) is 18.2 Å². The van der Waals surface area contributed by atoms with Crippen molar-refractivity contribution in [2.45, 2.75) is 13.3 Å². The van der Waals surface area contributed by atoms with Crippen LogP contribution >= 0.6 is 0 Å². The fourth-order valence-electron chi connectivity index (χ4n) is 1.24. The van der Waals surface area contributed by atoms with Gasteiger partial charge in [0.2, 0.25) is 0 Å². The second kappa shape index (κ2) is 4.20. The topological polar surface area (TPSA) is 64.7 Å².